The molecule has 0 spiro atoms. The predicted molar refractivity (Wildman–Crippen MR) is 71.9 cm³/mol. The largest absolute Gasteiger partial charge is 0.480 e. The van der Waals surface area contributed by atoms with E-state index < -0.39 is 12.0 Å². The number of carbonyl (C=O) groups is 2. The average Bonchev–Trinajstić information content (AvgIpc) is 2.70. The van der Waals surface area contributed by atoms with Gasteiger partial charge in [-0.2, -0.15) is 0 Å². The molecule has 2 rings (SSSR count). The molecule has 1 aromatic carbocycles. The fourth-order valence-corrected chi connectivity index (χ4v) is 2.08. The summed E-state index contributed by atoms with van der Waals surface area (Å²) in [4.78, 5) is 22.2. The molecule has 0 aliphatic heterocycles. The number of nitrogens with one attached hydrogen (secondary N) is 1. The Morgan fingerprint density at radius 1 is 1.37 bits per heavy atom. The number of aliphatic carboxylic acids is 1. The third-order valence-corrected chi connectivity index (χ3v) is 2.98. The van der Waals surface area contributed by atoms with Crippen molar-refractivity contribution >= 4 is 22.8 Å². The minimum atomic E-state index is -1.04. The summed E-state index contributed by atoms with van der Waals surface area (Å²) in [6.45, 7) is 3.51. The van der Waals surface area contributed by atoms with Gasteiger partial charge in [0.1, 0.15) is 6.04 Å². The zero-order chi connectivity index (χ0) is 14.0. The van der Waals surface area contributed by atoms with Gasteiger partial charge in [0, 0.05) is 18.6 Å². The summed E-state index contributed by atoms with van der Waals surface area (Å²) < 4.78 is 1.84. The number of aryl methyl sites for hydroxylation is 1. The van der Waals surface area contributed by atoms with Crippen LogP contribution >= 0.6 is 0 Å². The molecule has 2 aromatic rings. The summed E-state index contributed by atoms with van der Waals surface area (Å²) in [5, 5.41) is 12.6. The van der Waals surface area contributed by atoms with Gasteiger partial charge < -0.3 is 15.0 Å². The van der Waals surface area contributed by atoms with Crippen LogP contribution in [0.25, 0.3) is 10.9 Å². The fourth-order valence-electron chi connectivity index (χ4n) is 2.08. The number of hydrogen-bond donors (Lipinski definition) is 2. The van der Waals surface area contributed by atoms with Crippen molar-refractivity contribution in [2.75, 3.05) is 0 Å². The first-order valence-corrected chi connectivity index (χ1v) is 6.03. The summed E-state index contributed by atoms with van der Waals surface area (Å²) in [6.07, 6.45) is 1.84. The number of amides is 1. The molecule has 0 saturated heterocycles. The molecular formula is C14H16N2O3. The molecule has 1 atom stereocenters. The van der Waals surface area contributed by atoms with Crippen LogP contribution in [0.3, 0.4) is 0 Å². The van der Waals surface area contributed by atoms with E-state index in [9.17, 15) is 9.59 Å². The molecule has 1 heterocycles. The summed E-state index contributed by atoms with van der Waals surface area (Å²) in [7, 11) is 0. The number of rotatable bonds is 4. The van der Waals surface area contributed by atoms with Crippen molar-refractivity contribution in [2.45, 2.75) is 26.4 Å². The molecule has 0 radical (unpaired) electrons. The lowest BCUT2D eigenvalue weighted by Crippen LogP contribution is -2.42. The lowest BCUT2D eigenvalue weighted by molar-refractivity contribution is -0.141. The van der Waals surface area contributed by atoms with Gasteiger partial charge in [0.05, 0.1) is 6.54 Å². The third kappa shape index (κ3) is 2.93. The number of benzene rings is 1. The van der Waals surface area contributed by atoms with Gasteiger partial charge in [-0.25, -0.2) is 4.79 Å². The van der Waals surface area contributed by atoms with E-state index in [0.717, 1.165) is 16.5 Å². The van der Waals surface area contributed by atoms with Crippen LogP contribution in [0.5, 0.6) is 0 Å². The van der Waals surface area contributed by atoms with Crippen molar-refractivity contribution in [3.8, 4) is 0 Å². The topological polar surface area (TPSA) is 71.3 Å². The van der Waals surface area contributed by atoms with E-state index >= 15 is 0 Å². The molecule has 0 fully saturated rings. The zero-order valence-corrected chi connectivity index (χ0v) is 10.9. The standard InChI is InChI=1S/C14H16N2O3/c1-9-3-4-11-5-6-16(13(11)7-9)8-12(14(18)19)15-10(2)17/h3-7,12H,8H2,1-2H3,(H,15,17)(H,18,19). The van der Waals surface area contributed by atoms with E-state index in [2.05, 4.69) is 5.32 Å². The van der Waals surface area contributed by atoms with Crippen molar-refractivity contribution in [2.24, 2.45) is 0 Å². The van der Waals surface area contributed by atoms with E-state index in [4.69, 9.17) is 5.11 Å². The molecule has 1 unspecified atom stereocenters. The lowest BCUT2D eigenvalue weighted by Gasteiger charge is -2.15. The smallest absolute Gasteiger partial charge is 0.328 e. The summed E-state index contributed by atoms with van der Waals surface area (Å²) >= 11 is 0. The Morgan fingerprint density at radius 3 is 2.74 bits per heavy atom. The molecular weight excluding hydrogens is 244 g/mol. The number of fused-ring (bicyclic) bond motifs is 1. The van der Waals surface area contributed by atoms with Crippen LogP contribution in [-0.2, 0) is 16.1 Å². The van der Waals surface area contributed by atoms with Crippen LogP contribution in [0.4, 0.5) is 0 Å². The van der Waals surface area contributed by atoms with Gasteiger partial charge in [-0.15, -0.1) is 0 Å². The highest BCUT2D eigenvalue weighted by Gasteiger charge is 2.19. The van der Waals surface area contributed by atoms with Crippen molar-refractivity contribution in [3.63, 3.8) is 0 Å². The molecule has 5 nitrogen and oxygen atoms in total. The van der Waals surface area contributed by atoms with Crippen LogP contribution in [0, 0.1) is 6.92 Å². The molecule has 0 saturated carbocycles. The van der Waals surface area contributed by atoms with E-state index in [1.807, 2.05) is 42.0 Å². The molecule has 100 valence electrons. The van der Waals surface area contributed by atoms with Crippen LogP contribution in [0.15, 0.2) is 30.5 Å². The van der Waals surface area contributed by atoms with Crippen LogP contribution in [-0.4, -0.2) is 27.6 Å². The predicted octanol–water partition coefficient (Wildman–Crippen LogP) is 1.54. The molecule has 0 bridgehead atoms. The summed E-state index contributed by atoms with van der Waals surface area (Å²) in [5.74, 6) is -1.38. The van der Waals surface area contributed by atoms with E-state index in [-0.39, 0.29) is 12.5 Å². The second kappa shape index (κ2) is 5.14. The Bertz CT molecular complexity index is 631. The minimum Gasteiger partial charge on any atom is -0.480 e. The third-order valence-electron chi connectivity index (χ3n) is 2.98. The molecule has 0 aliphatic carbocycles. The number of hydrogen-bond acceptors (Lipinski definition) is 2. The molecule has 2 N–H and O–H groups in total. The highest BCUT2D eigenvalue weighted by atomic mass is 16.4. The fraction of sp³-hybridized carbons (Fsp3) is 0.286. The number of aromatic nitrogens is 1. The first kappa shape index (κ1) is 13.1. The number of nitrogens with zero attached hydrogens (tertiary/aromatic N) is 1. The van der Waals surface area contributed by atoms with Gasteiger partial charge in [-0.05, 0) is 30.0 Å². The molecule has 0 aliphatic rings. The lowest BCUT2D eigenvalue weighted by atomic mass is 10.2. The van der Waals surface area contributed by atoms with Gasteiger partial charge in [0.2, 0.25) is 5.91 Å². The quantitative estimate of drug-likeness (QED) is 0.876. The first-order valence-electron chi connectivity index (χ1n) is 6.03. The second-order valence-corrected chi connectivity index (χ2v) is 4.62. The minimum absolute atomic E-state index is 0.210. The van der Waals surface area contributed by atoms with Gasteiger partial charge >= 0.3 is 5.97 Å². The van der Waals surface area contributed by atoms with Crippen molar-refractivity contribution in [3.05, 3.63) is 36.0 Å². The zero-order valence-electron chi connectivity index (χ0n) is 10.9. The Kier molecular flexibility index (Phi) is 3.55. The Balaban J connectivity index is 2.31. The van der Waals surface area contributed by atoms with Crippen LogP contribution in [0.2, 0.25) is 0 Å². The number of carboxylic acids is 1. The maximum Gasteiger partial charge on any atom is 0.328 e. The normalized spacial score (nSPS) is 12.3. The van der Waals surface area contributed by atoms with Crippen LogP contribution in [0.1, 0.15) is 12.5 Å². The van der Waals surface area contributed by atoms with Gasteiger partial charge in [-0.3, -0.25) is 4.79 Å². The average molecular weight is 260 g/mol. The summed E-state index contributed by atoms with van der Waals surface area (Å²) in [5.41, 5.74) is 2.08. The van der Waals surface area contributed by atoms with E-state index in [1.165, 1.54) is 6.92 Å². The molecule has 1 aromatic heterocycles. The number of carbonyl (C=O) groups excluding carboxylic acids is 1. The highest BCUT2D eigenvalue weighted by Crippen LogP contribution is 2.17. The van der Waals surface area contributed by atoms with Gasteiger partial charge in [0.25, 0.3) is 0 Å². The molecule has 5 heteroatoms. The maximum absolute atomic E-state index is 11.1. The van der Waals surface area contributed by atoms with Crippen molar-refractivity contribution in [1.82, 2.24) is 9.88 Å². The van der Waals surface area contributed by atoms with Crippen molar-refractivity contribution < 1.29 is 14.7 Å². The SMILES string of the molecule is CC(=O)NC(Cn1ccc2ccc(C)cc21)C(=O)O. The Labute approximate surface area is 110 Å². The first-order chi connectivity index (χ1) is 8.97. The van der Waals surface area contributed by atoms with Crippen LogP contribution < -0.4 is 5.32 Å². The highest BCUT2D eigenvalue weighted by molar-refractivity contribution is 5.83. The Morgan fingerprint density at radius 2 is 2.11 bits per heavy atom. The van der Waals surface area contributed by atoms with E-state index in [1.54, 1.807) is 0 Å². The van der Waals surface area contributed by atoms with Gasteiger partial charge in [-0.1, -0.05) is 12.1 Å². The Hall–Kier alpha value is -2.30. The monoisotopic (exact) mass is 260 g/mol. The molecule has 19 heavy (non-hydrogen) atoms. The van der Waals surface area contributed by atoms with E-state index in [0.29, 0.717) is 0 Å². The number of carboxylic acid groups (broad SMARTS) is 1. The second-order valence-electron chi connectivity index (χ2n) is 4.62. The summed E-state index contributed by atoms with van der Waals surface area (Å²) in [6, 6.07) is 7.02. The van der Waals surface area contributed by atoms with Gasteiger partial charge in [0.15, 0.2) is 0 Å². The maximum atomic E-state index is 11.1. The van der Waals surface area contributed by atoms with Crippen molar-refractivity contribution in [1.29, 1.82) is 0 Å². The molecule has 1 amide bonds.